The number of rotatable bonds is 6. The van der Waals surface area contributed by atoms with E-state index in [0.717, 1.165) is 46.5 Å². The van der Waals surface area contributed by atoms with Gasteiger partial charge in [-0.25, -0.2) is 4.39 Å². The van der Waals surface area contributed by atoms with E-state index >= 15 is 0 Å². The number of furan rings is 1. The Balaban J connectivity index is 0.00000245. The molecule has 0 saturated heterocycles. The molecule has 0 radical (unpaired) electrons. The minimum absolute atomic E-state index is 0. The number of ether oxygens (including phenoxy) is 1. The minimum atomic E-state index is -0.344. The highest BCUT2D eigenvalue weighted by Gasteiger charge is 2.22. The van der Waals surface area contributed by atoms with Crippen LogP contribution in [-0.4, -0.2) is 29.2 Å². The summed E-state index contributed by atoms with van der Waals surface area (Å²) in [7, 11) is 0. The second-order valence-corrected chi connectivity index (χ2v) is 7.74. The molecular formula is C25H24ClFN2O3. The lowest BCUT2D eigenvalue weighted by Gasteiger charge is -2.24. The van der Waals surface area contributed by atoms with E-state index in [2.05, 4.69) is 4.90 Å². The summed E-state index contributed by atoms with van der Waals surface area (Å²) >= 11 is 0. The average molecular weight is 455 g/mol. The molecule has 2 aromatic carbocycles. The van der Waals surface area contributed by atoms with Gasteiger partial charge in [-0.2, -0.15) is 0 Å². The van der Waals surface area contributed by atoms with Crippen LogP contribution >= 0.6 is 12.4 Å². The molecule has 0 amide bonds. The highest BCUT2D eigenvalue weighted by atomic mass is 35.5. The van der Waals surface area contributed by atoms with Gasteiger partial charge in [0.1, 0.15) is 30.4 Å². The van der Waals surface area contributed by atoms with Crippen molar-refractivity contribution in [1.82, 2.24) is 9.47 Å². The predicted molar refractivity (Wildman–Crippen MR) is 125 cm³/mol. The summed E-state index contributed by atoms with van der Waals surface area (Å²) in [6.07, 6.45) is 2.49. The fourth-order valence-corrected chi connectivity index (χ4v) is 4.09. The SMILES string of the molecule is Cl.O=c1cc(OCc2ccccc2)ccn1-c1ccc2c3c(oc2c1)CCN(CCF)C3. The molecule has 5 rings (SSSR count). The molecule has 1 aliphatic heterocycles. The lowest BCUT2D eigenvalue weighted by molar-refractivity contribution is 0.223. The van der Waals surface area contributed by atoms with Crippen molar-refractivity contribution in [2.75, 3.05) is 19.8 Å². The van der Waals surface area contributed by atoms with Crippen LogP contribution in [0, 0.1) is 0 Å². The maximum absolute atomic E-state index is 12.7. The Bertz CT molecular complexity index is 1270. The summed E-state index contributed by atoms with van der Waals surface area (Å²) in [5, 5.41) is 1.03. The van der Waals surface area contributed by atoms with Crippen LogP contribution in [0.5, 0.6) is 5.75 Å². The zero-order chi connectivity index (χ0) is 21.2. The second kappa shape index (κ2) is 9.59. The van der Waals surface area contributed by atoms with Gasteiger partial charge in [-0.05, 0) is 23.8 Å². The first-order valence-electron chi connectivity index (χ1n) is 10.4. The van der Waals surface area contributed by atoms with E-state index < -0.39 is 0 Å². The topological polar surface area (TPSA) is 47.6 Å². The number of hydrogen-bond acceptors (Lipinski definition) is 4. The summed E-state index contributed by atoms with van der Waals surface area (Å²) in [4.78, 5) is 14.8. The molecule has 0 bridgehead atoms. The highest BCUT2D eigenvalue weighted by molar-refractivity contribution is 5.85. The average Bonchev–Trinajstić information content (AvgIpc) is 3.16. The summed E-state index contributed by atoms with van der Waals surface area (Å²) < 4.78 is 26.1. The number of benzene rings is 2. The fraction of sp³-hybridized carbons (Fsp3) is 0.240. The summed E-state index contributed by atoms with van der Waals surface area (Å²) in [5.41, 5.74) is 3.48. The van der Waals surface area contributed by atoms with Crippen LogP contribution in [0.2, 0.25) is 0 Å². The number of nitrogens with zero attached hydrogens (tertiary/aromatic N) is 2. The lowest BCUT2D eigenvalue weighted by Crippen LogP contribution is -2.31. The molecule has 0 atom stereocenters. The normalized spacial score (nSPS) is 13.5. The van der Waals surface area contributed by atoms with Crippen molar-refractivity contribution in [3.63, 3.8) is 0 Å². The Kier molecular flexibility index (Phi) is 6.63. The standard InChI is InChI=1S/C25H23FN2O3.ClH/c26-10-13-27-11-9-23-22(16-27)21-7-6-19(14-24(21)31-23)28-12-8-20(15-25(28)29)30-17-18-4-2-1-3-5-18;/h1-8,12,14-15H,9-11,13,16-17H2;1H. The number of fused-ring (bicyclic) bond motifs is 3. The van der Waals surface area contributed by atoms with E-state index in [-0.39, 0.29) is 24.6 Å². The second-order valence-electron chi connectivity index (χ2n) is 7.74. The maximum atomic E-state index is 12.7. The molecule has 0 fully saturated rings. The van der Waals surface area contributed by atoms with Crippen molar-refractivity contribution in [3.8, 4) is 11.4 Å². The molecule has 2 aromatic heterocycles. The van der Waals surface area contributed by atoms with Crippen LogP contribution in [0.25, 0.3) is 16.7 Å². The third-order valence-corrected chi connectivity index (χ3v) is 5.72. The number of halogens is 2. The molecule has 1 aliphatic rings. The maximum Gasteiger partial charge on any atom is 0.258 e. The molecule has 3 heterocycles. The third-order valence-electron chi connectivity index (χ3n) is 5.72. The molecule has 7 heteroatoms. The van der Waals surface area contributed by atoms with E-state index in [1.54, 1.807) is 16.8 Å². The van der Waals surface area contributed by atoms with Gasteiger partial charge in [0.2, 0.25) is 0 Å². The van der Waals surface area contributed by atoms with Crippen LogP contribution in [0.1, 0.15) is 16.9 Å². The van der Waals surface area contributed by atoms with Crippen molar-refractivity contribution >= 4 is 23.4 Å². The van der Waals surface area contributed by atoms with Crippen molar-refractivity contribution in [1.29, 1.82) is 0 Å². The monoisotopic (exact) mass is 454 g/mol. The van der Waals surface area contributed by atoms with Gasteiger partial charge in [0, 0.05) is 55.3 Å². The molecule has 4 aromatic rings. The van der Waals surface area contributed by atoms with Crippen LogP contribution < -0.4 is 10.3 Å². The van der Waals surface area contributed by atoms with Crippen molar-refractivity contribution < 1.29 is 13.5 Å². The predicted octanol–water partition coefficient (Wildman–Crippen LogP) is 4.91. The van der Waals surface area contributed by atoms with E-state index in [4.69, 9.17) is 9.15 Å². The molecule has 0 unspecified atom stereocenters. The number of aromatic nitrogens is 1. The largest absolute Gasteiger partial charge is 0.489 e. The molecule has 0 aliphatic carbocycles. The zero-order valence-corrected chi connectivity index (χ0v) is 18.3. The lowest BCUT2D eigenvalue weighted by atomic mass is 10.0. The van der Waals surface area contributed by atoms with Crippen LogP contribution in [0.15, 0.2) is 76.1 Å². The zero-order valence-electron chi connectivity index (χ0n) is 17.5. The van der Waals surface area contributed by atoms with Gasteiger partial charge in [-0.3, -0.25) is 14.3 Å². The summed E-state index contributed by atoms with van der Waals surface area (Å²) in [6.45, 7) is 2.00. The summed E-state index contributed by atoms with van der Waals surface area (Å²) in [5.74, 6) is 1.49. The number of pyridine rings is 1. The summed E-state index contributed by atoms with van der Waals surface area (Å²) in [6, 6.07) is 18.9. The first-order chi connectivity index (χ1) is 15.2. The highest BCUT2D eigenvalue weighted by Crippen LogP contribution is 2.31. The van der Waals surface area contributed by atoms with Crippen LogP contribution in [0.3, 0.4) is 0 Å². The first-order valence-corrected chi connectivity index (χ1v) is 10.4. The molecule has 166 valence electrons. The van der Waals surface area contributed by atoms with Crippen LogP contribution in [-0.2, 0) is 19.6 Å². The van der Waals surface area contributed by atoms with Gasteiger partial charge >= 0.3 is 0 Å². The Hall–Kier alpha value is -3.09. The molecule has 0 N–H and O–H groups in total. The Morgan fingerprint density at radius 2 is 1.91 bits per heavy atom. The van der Waals surface area contributed by atoms with Crippen molar-refractivity contribution in [2.24, 2.45) is 0 Å². The third kappa shape index (κ3) is 4.42. The van der Waals surface area contributed by atoms with E-state index in [9.17, 15) is 9.18 Å². The molecule has 0 spiro atoms. The molecule has 5 nitrogen and oxygen atoms in total. The van der Waals surface area contributed by atoms with E-state index in [1.165, 1.54) is 6.07 Å². The Morgan fingerprint density at radius 3 is 2.69 bits per heavy atom. The van der Waals surface area contributed by atoms with Crippen LogP contribution in [0.4, 0.5) is 4.39 Å². The Labute approximate surface area is 191 Å². The van der Waals surface area contributed by atoms with E-state index in [1.807, 2.05) is 48.5 Å². The van der Waals surface area contributed by atoms with Gasteiger partial charge in [0.25, 0.3) is 5.56 Å². The quantitative estimate of drug-likeness (QED) is 0.415. The van der Waals surface area contributed by atoms with Gasteiger partial charge in [-0.1, -0.05) is 30.3 Å². The first kappa shape index (κ1) is 22.1. The van der Waals surface area contributed by atoms with Gasteiger partial charge in [0.05, 0.1) is 5.69 Å². The smallest absolute Gasteiger partial charge is 0.258 e. The number of alkyl halides is 1. The molecule has 0 saturated carbocycles. The van der Waals surface area contributed by atoms with E-state index in [0.29, 0.717) is 25.4 Å². The fourth-order valence-electron chi connectivity index (χ4n) is 4.09. The van der Waals surface area contributed by atoms with Gasteiger partial charge in [-0.15, -0.1) is 12.4 Å². The van der Waals surface area contributed by atoms with Crippen molar-refractivity contribution in [3.05, 3.63) is 94.1 Å². The Morgan fingerprint density at radius 1 is 1.06 bits per heavy atom. The van der Waals surface area contributed by atoms with Gasteiger partial charge in [0.15, 0.2) is 0 Å². The molecular weight excluding hydrogens is 431 g/mol. The van der Waals surface area contributed by atoms with Crippen molar-refractivity contribution in [2.45, 2.75) is 19.6 Å². The molecule has 32 heavy (non-hydrogen) atoms. The minimum Gasteiger partial charge on any atom is -0.489 e. The van der Waals surface area contributed by atoms with Gasteiger partial charge < -0.3 is 9.15 Å². The number of hydrogen-bond donors (Lipinski definition) is 0.